The van der Waals surface area contributed by atoms with E-state index in [9.17, 15) is 4.57 Å². The molecule has 0 aromatic rings. The molecule has 0 aromatic heterocycles. The van der Waals surface area contributed by atoms with E-state index >= 15 is 0 Å². The van der Waals surface area contributed by atoms with Crippen LogP contribution in [0.3, 0.4) is 0 Å². The molecule has 1 radical (unpaired) electrons. The number of hydrogen-bond donors (Lipinski definition) is 3. The van der Waals surface area contributed by atoms with E-state index in [1.807, 2.05) is 0 Å². The van der Waals surface area contributed by atoms with Crippen LogP contribution in [0.15, 0.2) is 0 Å². The van der Waals surface area contributed by atoms with Crippen molar-refractivity contribution in [3.63, 3.8) is 0 Å². The molecule has 0 heterocycles. The van der Waals surface area contributed by atoms with Gasteiger partial charge in [-0.2, -0.15) is 0 Å². The lowest BCUT2D eigenvalue weighted by Gasteiger charge is -2.07. The summed E-state index contributed by atoms with van der Waals surface area (Å²) in [4.78, 5) is 16.2. The average Bonchev–Trinajstić information content (AvgIpc) is 1.62. The van der Waals surface area contributed by atoms with E-state index in [-0.39, 0.29) is 6.42 Å². The minimum Gasteiger partial charge on any atom is -0.380 e. The van der Waals surface area contributed by atoms with E-state index < -0.39 is 13.4 Å². The molecule has 0 amide bonds. The Balaban J connectivity index is 3.82. The van der Waals surface area contributed by atoms with Crippen LogP contribution in [0.5, 0.6) is 0 Å². The van der Waals surface area contributed by atoms with Crippen molar-refractivity contribution < 1.29 is 19.5 Å². The van der Waals surface area contributed by atoms with E-state index in [0.717, 1.165) is 0 Å². The smallest absolute Gasteiger partial charge is 0.353 e. The summed E-state index contributed by atoms with van der Waals surface area (Å²) in [6, 6.07) is 0. The Morgan fingerprint density at radius 3 is 2.00 bits per heavy atom. The summed E-state index contributed by atoms with van der Waals surface area (Å²) in [6.45, 7) is 3.11. The summed E-state index contributed by atoms with van der Waals surface area (Å²) >= 11 is 0. The first-order valence-corrected chi connectivity index (χ1v) is 3.69. The third kappa shape index (κ3) is 2.43. The Labute approximate surface area is 47.3 Å². The van der Waals surface area contributed by atoms with Crippen LogP contribution in [0.1, 0.15) is 6.42 Å². The highest BCUT2D eigenvalue weighted by molar-refractivity contribution is 7.52. The van der Waals surface area contributed by atoms with Gasteiger partial charge in [-0.05, 0) is 6.42 Å². The van der Waals surface area contributed by atoms with Crippen LogP contribution in [-0.4, -0.2) is 20.7 Å². The molecule has 49 valence electrons. The highest BCUT2D eigenvalue weighted by Gasteiger charge is 2.23. The van der Waals surface area contributed by atoms with Gasteiger partial charge in [0.25, 0.3) is 0 Å². The number of rotatable bonds is 2. The van der Waals surface area contributed by atoms with Crippen molar-refractivity contribution in [3.8, 4) is 0 Å². The van der Waals surface area contributed by atoms with Gasteiger partial charge >= 0.3 is 7.60 Å². The zero-order valence-electron chi connectivity index (χ0n) is 4.19. The van der Waals surface area contributed by atoms with Gasteiger partial charge in [0.15, 0.2) is 5.85 Å². The molecule has 1 atom stereocenters. The Hall–Kier alpha value is 0.110. The van der Waals surface area contributed by atoms with Crippen LogP contribution in [0.4, 0.5) is 0 Å². The first-order chi connectivity index (χ1) is 3.48. The molecular formula is C3H8O4P. The summed E-state index contributed by atoms with van der Waals surface area (Å²) in [5.74, 6) is -1.59. The predicted octanol–water partition coefficient (Wildman–Crippen LogP) is -0.293. The molecule has 0 aliphatic rings. The molecule has 0 rings (SSSR count). The molecular weight excluding hydrogens is 131 g/mol. The van der Waals surface area contributed by atoms with Gasteiger partial charge in [0.2, 0.25) is 0 Å². The lowest BCUT2D eigenvalue weighted by Crippen LogP contribution is -2.03. The molecule has 1 unspecified atom stereocenters. The standard InChI is InChI=1S/C3H8O4P/c1-2-3(4)8(5,6)7/h3-4H,1-2H2,(H2,5,6,7). The highest BCUT2D eigenvalue weighted by atomic mass is 31.2. The van der Waals surface area contributed by atoms with Crippen molar-refractivity contribution in [1.82, 2.24) is 0 Å². The Kier molecular flexibility index (Phi) is 2.63. The van der Waals surface area contributed by atoms with E-state index in [1.54, 1.807) is 0 Å². The molecule has 0 saturated heterocycles. The monoisotopic (exact) mass is 139 g/mol. The summed E-state index contributed by atoms with van der Waals surface area (Å²) in [7, 11) is -4.26. The fraction of sp³-hybridized carbons (Fsp3) is 0.667. The Morgan fingerprint density at radius 1 is 1.62 bits per heavy atom. The van der Waals surface area contributed by atoms with Crippen molar-refractivity contribution in [3.05, 3.63) is 6.92 Å². The maximum absolute atomic E-state index is 9.97. The van der Waals surface area contributed by atoms with Crippen LogP contribution < -0.4 is 0 Å². The van der Waals surface area contributed by atoms with Gasteiger partial charge in [0, 0.05) is 0 Å². The topological polar surface area (TPSA) is 77.8 Å². The molecule has 0 aromatic carbocycles. The maximum Gasteiger partial charge on any atom is 0.353 e. The fourth-order valence-electron chi connectivity index (χ4n) is 0.168. The fourth-order valence-corrected chi connectivity index (χ4v) is 0.505. The summed E-state index contributed by atoms with van der Waals surface area (Å²) < 4.78 is 9.97. The molecule has 0 saturated carbocycles. The van der Waals surface area contributed by atoms with Gasteiger partial charge in [-0.25, -0.2) is 0 Å². The normalized spacial score (nSPS) is 16.0. The van der Waals surface area contributed by atoms with E-state index in [0.29, 0.717) is 0 Å². The minimum absolute atomic E-state index is 0.162. The zero-order valence-corrected chi connectivity index (χ0v) is 5.08. The van der Waals surface area contributed by atoms with E-state index in [1.165, 1.54) is 0 Å². The van der Waals surface area contributed by atoms with Crippen LogP contribution in [-0.2, 0) is 4.57 Å². The van der Waals surface area contributed by atoms with Gasteiger partial charge in [-0.3, -0.25) is 4.57 Å². The molecule has 0 fully saturated rings. The number of aliphatic hydroxyl groups excluding tert-OH is 1. The molecule has 5 heteroatoms. The number of hydrogen-bond acceptors (Lipinski definition) is 2. The Bertz CT molecular complexity index is 106. The number of aliphatic hydroxyl groups is 1. The second-order valence-electron chi connectivity index (χ2n) is 1.36. The average molecular weight is 139 g/mol. The largest absolute Gasteiger partial charge is 0.380 e. The zero-order chi connectivity index (χ0) is 6.78. The lowest BCUT2D eigenvalue weighted by atomic mass is 10.5. The third-order valence-electron chi connectivity index (χ3n) is 0.646. The summed E-state index contributed by atoms with van der Waals surface area (Å²) in [5, 5.41) is 8.37. The van der Waals surface area contributed by atoms with Crippen LogP contribution >= 0.6 is 7.60 Å². The first-order valence-electron chi connectivity index (χ1n) is 2.01. The maximum atomic E-state index is 9.97. The van der Waals surface area contributed by atoms with Crippen molar-refractivity contribution >= 4 is 7.60 Å². The van der Waals surface area contributed by atoms with Crippen LogP contribution in [0, 0.1) is 6.92 Å². The molecule has 0 spiro atoms. The SMILES string of the molecule is [CH2]CC(O)P(=O)(O)O. The minimum atomic E-state index is -4.26. The van der Waals surface area contributed by atoms with E-state index in [4.69, 9.17) is 14.9 Å². The Morgan fingerprint density at radius 2 is 2.00 bits per heavy atom. The van der Waals surface area contributed by atoms with Gasteiger partial charge in [-0.1, -0.05) is 6.92 Å². The molecule has 8 heavy (non-hydrogen) atoms. The lowest BCUT2D eigenvalue weighted by molar-refractivity contribution is 0.204. The van der Waals surface area contributed by atoms with Crippen molar-refractivity contribution in [2.45, 2.75) is 12.3 Å². The molecule has 0 aliphatic heterocycles. The van der Waals surface area contributed by atoms with Crippen molar-refractivity contribution in [1.29, 1.82) is 0 Å². The second kappa shape index (κ2) is 2.60. The molecule has 3 N–H and O–H groups in total. The molecule has 4 nitrogen and oxygen atoms in total. The van der Waals surface area contributed by atoms with Crippen LogP contribution in [0.25, 0.3) is 0 Å². The van der Waals surface area contributed by atoms with E-state index in [2.05, 4.69) is 6.92 Å². The summed E-state index contributed by atoms with van der Waals surface area (Å²) in [5.41, 5.74) is 0. The summed E-state index contributed by atoms with van der Waals surface area (Å²) in [6.07, 6.45) is -0.162. The second-order valence-corrected chi connectivity index (χ2v) is 3.13. The van der Waals surface area contributed by atoms with Gasteiger partial charge in [-0.15, -0.1) is 0 Å². The van der Waals surface area contributed by atoms with Gasteiger partial charge in [0.05, 0.1) is 0 Å². The van der Waals surface area contributed by atoms with Crippen molar-refractivity contribution in [2.75, 3.05) is 0 Å². The molecule has 0 aliphatic carbocycles. The predicted molar refractivity (Wildman–Crippen MR) is 28.0 cm³/mol. The van der Waals surface area contributed by atoms with Gasteiger partial charge < -0.3 is 14.9 Å². The van der Waals surface area contributed by atoms with Gasteiger partial charge in [0.1, 0.15) is 0 Å². The first kappa shape index (κ1) is 8.11. The molecule has 0 bridgehead atoms. The third-order valence-corrected chi connectivity index (χ3v) is 1.68. The highest BCUT2D eigenvalue weighted by Crippen LogP contribution is 2.40. The van der Waals surface area contributed by atoms with Crippen molar-refractivity contribution in [2.24, 2.45) is 0 Å². The quantitative estimate of drug-likeness (QED) is 0.459. The van der Waals surface area contributed by atoms with Crippen LogP contribution in [0.2, 0.25) is 0 Å².